The van der Waals surface area contributed by atoms with E-state index in [1.165, 1.54) is 12.1 Å². The van der Waals surface area contributed by atoms with Crippen molar-refractivity contribution in [3.8, 4) is 0 Å². The van der Waals surface area contributed by atoms with Gasteiger partial charge in [-0.05, 0) is 29.6 Å². The molecule has 1 N–H and O–H groups in total. The van der Waals surface area contributed by atoms with Crippen LogP contribution in [0.15, 0.2) is 41.8 Å². The normalized spacial score (nSPS) is 17.3. The summed E-state index contributed by atoms with van der Waals surface area (Å²) in [6, 6.07) is 9.39. The number of hydrogen-bond acceptors (Lipinski definition) is 5. The van der Waals surface area contributed by atoms with Crippen LogP contribution in [-0.2, 0) is 17.5 Å². The van der Waals surface area contributed by atoms with E-state index in [0.717, 1.165) is 10.9 Å². The Bertz CT molecular complexity index is 701. The van der Waals surface area contributed by atoms with Gasteiger partial charge in [0.25, 0.3) is 0 Å². The van der Waals surface area contributed by atoms with Crippen molar-refractivity contribution in [2.45, 2.75) is 18.9 Å². The molecular formula is C19H23F3N2O2S. The van der Waals surface area contributed by atoms with Gasteiger partial charge >= 0.3 is 6.18 Å². The van der Waals surface area contributed by atoms with Gasteiger partial charge in [-0.2, -0.15) is 13.2 Å². The number of aliphatic hydroxyl groups is 1. The largest absolute Gasteiger partial charge is 0.416 e. The van der Waals surface area contributed by atoms with Crippen LogP contribution < -0.4 is 4.90 Å². The van der Waals surface area contributed by atoms with E-state index in [4.69, 9.17) is 4.74 Å². The predicted molar refractivity (Wildman–Crippen MR) is 100 cm³/mol. The molecule has 1 saturated heterocycles. The number of alkyl halides is 3. The summed E-state index contributed by atoms with van der Waals surface area (Å²) in [7, 11) is 0. The lowest BCUT2D eigenvalue weighted by molar-refractivity contribution is -0.137. The van der Waals surface area contributed by atoms with Gasteiger partial charge in [-0.1, -0.05) is 12.1 Å². The highest BCUT2D eigenvalue weighted by atomic mass is 32.1. The lowest BCUT2D eigenvalue weighted by Crippen LogP contribution is -2.49. The summed E-state index contributed by atoms with van der Waals surface area (Å²) in [4.78, 5) is 5.19. The molecule has 0 spiro atoms. The van der Waals surface area contributed by atoms with Gasteiger partial charge in [0.05, 0.1) is 24.9 Å². The summed E-state index contributed by atoms with van der Waals surface area (Å²) >= 11 is 1.62. The molecule has 8 heteroatoms. The van der Waals surface area contributed by atoms with Gasteiger partial charge < -0.3 is 14.7 Å². The third-order valence-electron chi connectivity index (χ3n) is 4.51. The first kappa shape index (κ1) is 20.1. The van der Waals surface area contributed by atoms with Crippen molar-refractivity contribution in [2.24, 2.45) is 0 Å². The van der Waals surface area contributed by atoms with Gasteiger partial charge in [-0.25, -0.2) is 0 Å². The molecule has 0 radical (unpaired) electrons. The van der Waals surface area contributed by atoms with Crippen LogP contribution in [0.1, 0.15) is 10.4 Å². The quantitative estimate of drug-likeness (QED) is 0.772. The lowest BCUT2D eigenvalue weighted by atomic mass is 10.1. The highest BCUT2D eigenvalue weighted by molar-refractivity contribution is 7.09. The lowest BCUT2D eigenvalue weighted by Gasteiger charge is -2.37. The summed E-state index contributed by atoms with van der Waals surface area (Å²) in [5.41, 5.74) is -0.0370. The Labute approximate surface area is 160 Å². The van der Waals surface area contributed by atoms with Crippen LogP contribution >= 0.6 is 11.3 Å². The zero-order valence-corrected chi connectivity index (χ0v) is 15.7. The van der Waals surface area contributed by atoms with E-state index in [-0.39, 0.29) is 6.61 Å². The summed E-state index contributed by atoms with van der Waals surface area (Å²) in [5, 5.41) is 12.1. The molecule has 1 atom stereocenters. The van der Waals surface area contributed by atoms with Gasteiger partial charge in [0.2, 0.25) is 0 Å². The first-order valence-corrected chi connectivity index (χ1v) is 9.72. The number of halogens is 3. The van der Waals surface area contributed by atoms with Gasteiger partial charge in [0.1, 0.15) is 0 Å². The standard InChI is InChI=1S/C19H23F3N2O2S/c20-19(21,22)15-3-1-4-16(11-15)24-8-6-23(7-9-24)12-17(25)13-26-14-18-5-2-10-27-18/h1-5,10-11,17,25H,6-9,12-14H2/t17-/m0/s1. The van der Waals surface area contributed by atoms with Crippen LogP contribution in [0.5, 0.6) is 0 Å². The topological polar surface area (TPSA) is 35.9 Å². The highest BCUT2D eigenvalue weighted by Gasteiger charge is 2.31. The van der Waals surface area contributed by atoms with E-state index in [2.05, 4.69) is 4.90 Å². The second-order valence-electron chi connectivity index (χ2n) is 6.58. The number of thiophene rings is 1. The maximum Gasteiger partial charge on any atom is 0.416 e. The highest BCUT2D eigenvalue weighted by Crippen LogP contribution is 2.31. The maximum atomic E-state index is 12.9. The molecule has 1 aromatic heterocycles. The Morgan fingerprint density at radius 2 is 1.89 bits per heavy atom. The SMILES string of the molecule is O[C@H](COCc1cccs1)CN1CCN(c2cccc(C(F)(F)F)c2)CC1. The van der Waals surface area contributed by atoms with Crippen molar-refractivity contribution < 1.29 is 23.0 Å². The van der Waals surface area contributed by atoms with Crippen molar-refractivity contribution >= 4 is 17.0 Å². The Balaban J connectivity index is 1.42. The number of anilines is 1. The van der Waals surface area contributed by atoms with Crippen LogP contribution in [0.25, 0.3) is 0 Å². The average Bonchev–Trinajstić information content (AvgIpc) is 3.15. The zero-order chi connectivity index (χ0) is 19.3. The molecule has 1 fully saturated rings. The van der Waals surface area contributed by atoms with Gasteiger partial charge in [-0.3, -0.25) is 4.90 Å². The van der Waals surface area contributed by atoms with Gasteiger partial charge in [-0.15, -0.1) is 11.3 Å². The fourth-order valence-electron chi connectivity index (χ4n) is 3.11. The summed E-state index contributed by atoms with van der Waals surface area (Å²) in [6.07, 6.45) is -4.91. The van der Waals surface area contributed by atoms with Crippen molar-refractivity contribution in [3.63, 3.8) is 0 Å². The molecule has 27 heavy (non-hydrogen) atoms. The van der Waals surface area contributed by atoms with E-state index >= 15 is 0 Å². The number of ether oxygens (including phenoxy) is 1. The minimum Gasteiger partial charge on any atom is -0.389 e. The first-order chi connectivity index (χ1) is 12.9. The molecule has 0 bridgehead atoms. The number of hydrogen-bond donors (Lipinski definition) is 1. The smallest absolute Gasteiger partial charge is 0.389 e. The number of benzene rings is 1. The Morgan fingerprint density at radius 3 is 2.56 bits per heavy atom. The molecule has 1 aromatic carbocycles. The van der Waals surface area contributed by atoms with Crippen molar-refractivity contribution in [3.05, 3.63) is 52.2 Å². The summed E-state index contributed by atoms with van der Waals surface area (Å²) < 4.78 is 44.1. The number of β-amino-alcohol motifs (C(OH)–C–C–N with tert-alkyl or cyclic N) is 1. The van der Waals surface area contributed by atoms with Crippen LogP contribution in [0.4, 0.5) is 18.9 Å². The molecule has 0 amide bonds. The monoisotopic (exact) mass is 400 g/mol. The fraction of sp³-hybridized carbons (Fsp3) is 0.474. The Kier molecular flexibility index (Phi) is 6.75. The number of aliphatic hydroxyl groups excluding tert-OH is 1. The summed E-state index contributed by atoms with van der Waals surface area (Å²) in [5.74, 6) is 0. The molecule has 2 heterocycles. The molecule has 4 nitrogen and oxygen atoms in total. The fourth-order valence-corrected chi connectivity index (χ4v) is 3.75. The molecule has 148 valence electrons. The number of nitrogens with zero attached hydrogens (tertiary/aromatic N) is 2. The average molecular weight is 400 g/mol. The molecule has 0 aliphatic carbocycles. The van der Waals surface area contributed by atoms with E-state index < -0.39 is 17.8 Å². The predicted octanol–water partition coefficient (Wildman–Crippen LogP) is 3.47. The molecule has 3 rings (SSSR count). The Hall–Kier alpha value is -1.61. The van der Waals surface area contributed by atoms with Crippen molar-refractivity contribution in [2.75, 3.05) is 44.2 Å². The van der Waals surface area contributed by atoms with Gasteiger partial charge in [0, 0.05) is 43.3 Å². The number of rotatable bonds is 7. The first-order valence-electron chi connectivity index (χ1n) is 8.84. The van der Waals surface area contributed by atoms with Crippen LogP contribution in [0.2, 0.25) is 0 Å². The van der Waals surface area contributed by atoms with Crippen LogP contribution in [0, 0.1) is 0 Å². The number of piperazine rings is 1. The molecule has 0 saturated carbocycles. The molecule has 0 unspecified atom stereocenters. The van der Waals surface area contributed by atoms with E-state index in [1.807, 2.05) is 22.4 Å². The van der Waals surface area contributed by atoms with Crippen LogP contribution in [-0.4, -0.2) is 55.4 Å². The van der Waals surface area contributed by atoms with Crippen molar-refractivity contribution in [1.29, 1.82) is 0 Å². The minimum absolute atomic E-state index is 0.270. The zero-order valence-electron chi connectivity index (χ0n) is 14.9. The molecule has 1 aliphatic heterocycles. The second-order valence-corrected chi connectivity index (χ2v) is 7.62. The molecular weight excluding hydrogens is 377 g/mol. The summed E-state index contributed by atoms with van der Waals surface area (Å²) in [6.45, 7) is 3.91. The van der Waals surface area contributed by atoms with E-state index in [9.17, 15) is 18.3 Å². The third kappa shape index (κ3) is 5.93. The molecule has 1 aliphatic rings. The minimum atomic E-state index is -4.33. The van der Waals surface area contributed by atoms with Crippen LogP contribution in [0.3, 0.4) is 0 Å². The van der Waals surface area contributed by atoms with Gasteiger partial charge in [0.15, 0.2) is 0 Å². The van der Waals surface area contributed by atoms with E-state index in [0.29, 0.717) is 45.0 Å². The molecule has 2 aromatic rings. The van der Waals surface area contributed by atoms with E-state index in [1.54, 1.807) is 17.4 Å². The Morgan fingerprint density at radius 1 is 1.11 bits per heavy atom. The maximum absolute atomic E-state index is 12.9. The third-order valence-corrected chi connectivity index (χ3v) is 5.36. The van der Waals surface area contributed by atoms with Crippen molar-refractivity contribution in [1.82, 2.24) is 4.90 Å². The second kappa shape index (κ2) is 9.05.